The molecule has 26 heavy (non-hydrogen) atoms. The fraction of sp³-hybridized carbons (Fsp3) is 0.278. The van der Waals surface area contributed by atoms with Crippen LogP contribution < -0.4 is 5.56 Å². The topological polar surface area (TPSA) is 61.9 Å². The first-order chi connectivity index (χ1) is 12.6. The van der Waals surface area contributed by atoms with Crippen molar-refractivity contribution in [2.24, 2.45) is 0 Å². The van der Waals surface area contributed by atoms with Gasteiger partial charge in [0.2, 0.25) is 0 Å². The van der Waals surface area contributed by atoms with Gasteiger partial charge in [-0.2, -0.15) is 0 Å². The number of rotatable bonds is 4. The lowest BCUT2D eigenvalue weighted by Crippen LogP contribution is -2.35. The van der Waals surface area contributed by atoms with Gasteiger partial charge in [-0.1, -0.05) is 35.5 Å². The Bertz CT molecular complexity index is 984. The molecule has 0 radical (unpaired) electrons. The second kappa shape index (κ2) is 7.52. The van der Waals surface area contributed by atoms with Crippen LogP contribution in [0.3, 0.4) is 0 Å². The number of H-pyrrole nitrogens is 1. The highest BCUT2D eigenvalue weighted by Gasteiger charge is 2.21. The summed E-state index contributed by atoms with van der Waals surface area (Å²) in [6.07, 6.45) is 4.64. The largest absolute Gasteiger partial charge is 0.301 e. The van der Waals surface area contributed by atoms with Gasteiger partial charge in [0, 0.05) is 47.7 Å². The molecule has 3 heterocycles. The van der Waals surface area contributed by atoms with Crippen molar-refractivity contribution >= 4 is 34.7 Å². The average Bonchev–Trinajstić information content (AvgIpc) is 3.11. The highest BCUT2D eigenvalue weighted by atomic mass is 35.5. The molecule has 0 amide bonds. The summed E-state index contributed by atoms with van der Waals surface area (Å²) < 4.78 is 0. The van der Waals surface area contributed by atoms with Gasteiger partial charge in [0.15, 0.2) is 5.16 Å². The first-order valence-corrected chi connectivity index (χ1v) is 10.6. The number of aromatic amines is 1. The van der Waals surface area contributed by atoms with Gasteiger partial charge >= 0.3 is 0 Å². The molecule has 134 valence electrons. The number of nitrogens with one attached hydrogen (secondary N) is 1. The van der Waals surface area contributed by atoms with Gasteiger partial charge in [0.1, 0.15) is 5.01 Å². The quantitative estimate of drug-likeness (QED) is 0.529. The Morgan fingerprint density at radius 1 is 1.35 bits per heavy atom. The molecule has 8 heteroatoms. The third kappa shape index (κ3) is 3.71. The lowest BCUT2D eigenvalue weighted by molar-refractivity contribution is 0.243. The van der Waals surface area contributed by atoms with E-state index in [2.05, 4.69) is 19.9 Å². The second-order valence-electron chi connectivity index (χ2n) is 6.10. The minimum Gasteiger partial charge on any atom is -0.301 e. The van der Waals surface area contributed by atoms with E-state index in [4.69, 9.17) is 11.6 Å². The van der Waals surface area contributed by atoms with Crippen LogP contribution in [0, 0.1) is 0 Å². The maximum Gasteiger partial charge on any atom is 0.256 e. The number of benzene rings is 1. The first-order valence-electron chi connectivity index (χ1n) is 8.21. The third-order valence-corrected chi connectivity index (χ3v) is 6.21. The number of fused-ring (bicyclic) bond motifs is 1. The van der Waals surface area contributed by atoms with Crippen LogP contribution in [0.1, 0.15) is 16.1 Å². The highest BCUT2D eigenvalue weighted by molar-refractivity contribution is 7.98. The normalized spacial score (nSPS) is 14.4. The Labute approximate surface area is 164 Å². The Hall–Kier alpha value is -1.67. The van der Waals surface area contributed by atoms with E-state index in [1.54, 1.807) is 11.3 Å². The molecule has 0 bridgehead atoms. The Morgan fingerprint density at radius 2 is 2.15 bits per heavy atom. The molecular weight excluding hydrogens is 388 g/mol. The van der Waals surface area contributed by atoms with Crippen molar-refractivity contribution in [2.75, 3.05) is 12.8 Å². The first kappa shape index (κ1) is 17.7. The number of nitrogens with zero attached hydrogens (tertiary/aromatic N) is 3. The van der Waals surface area contributed by atoms with Crippen molar-refractivity contribution in [3.8, 4) is 10.6 Å². The number of thiazole rings is 1. The lowest BCUT2D eigenvalue weighted by Gasteiger charge is -2.26. The number of thioether (sulfide) groups is 1. The molecule has 0 spiro atoms. The van der Waals surface area contributed by atoms with E-state index in [0.29, 0.717) is 11.7 Å². The molecule has 4 rings (SSSR count). The van der Waals surface area contributed by atoms with Crippen LogP contribution in [0.5, 0.6) is 0 Å². The summed E-state index contributed by atoms with van der Waals surface area (Å²) in [6.45, 7) is 2.31. The van der Waals surface area contributed by atoms with Crippen molar-refractivity contribution in [2.45, 2.75) is 24.7 Å². The van der Waals surface area contributed by atoms with Crippen LogP contribution in [-0.4, -0.2) is 32.7 Å². The maximum atomic E-state index is 12.3. The van der Waals surface area contributed by atoms with Gasteiger partial charge in [0.25, 0.3) is 5.56 Å². The molecule has 2 aromatic heterocycles. The van der Waals surface area contributed by atoms with Crippen molar-refractivity contribution in [3.63, 3.8) is 0 Å². The van der Waals surface area contributed by atoms with Crippen LogP contribution in [-0.2, 0) is 19.5 Å². The Balaban J connectivity index is 1.49. The number of hydrogen-bond donors (Lipinski definition) is 1. The van der Waals surface area contributed by atoms with Crippen LogP contribution in [0.25, 0.3) is 10.6 Å². The monoisotopic (exact) mass is 404 g/mol. The zero-order chi connectivity index (χ0) is 18.1. The fourth-order valence-electron chi connectivity index (χ4n) is 3.02. The zero-order valence-corrected chi connectivity index (χ0v) is 16.5. The molecule has 0 atom stereocenters. The summed E-state index contributed by atoms with van der Waals surface area (Å²) >= 11 is 9.09. The predicted molar refractivity (Wildman–Crippen MR) is 107 cm³/mol. The Morgan fingerprint density at radius 3 is 2.92 bits per heavy atom. The maximum absolute atomic E-state index is 12.3. The molecule has 0 aliphatic carbocycles. The molecule has 0 saturated heterocycles. The molecule has 3 aromatic rings. The molecule has 0 unspecified atom stereocenters. The van der Waals surface area contributed by atoms with E-state index in [0.717, 1.165) is 46.4 Å². The number of aromatic nitrogens is 3. The molecule has 5 nitrogen and oxygen atoms in total. The van der Waals surface area contributed by atoms with Gasteiger partial charge in [-0.15, -0.1) is 11.3 Å². The molecular formula is C18H17ClN4OS2. The number of hydrogen-bond acceptors (Lipinski definition) is 6. The van der Waals surface area contributed by atoms with Gasteiger partial charge in [-0.3, -0.25) is 9.69 Å². The van der Waals surface area contributed by atoms with Crippen molar-refractivity contribution in [3.05, 3.63) is 62.0 Å². The minimum absolute atomic E-state index is 0.0183. The van der Waals surface area contributed by atoms with Crippen LogP contribution in [0.4, 0.5) is 0 Å². The number of halogens is 1. The summed E-state index contributed by atoms with van der Waals surface area (Å²) in [4.78, 5) is 27.7. The summed E-state index contributed by atoms with van der Waals surface area (Å²) in [7, 11) is 0. The van der Waals surface area contributed by atoms with Crippen molar-refractivity contribution in [1.82, 2.24) is 19.9 Å². The van der Waals surface area contributed by atoms with E-state index >= 15 is 0 Å². The summed E-state index contributed by atoms with van der Waals surface area (Å²) in [5.41, 5.74) is 2.77. The summed E-state index contributed by atoms with van der Waals surface area (Å²) in [5, 5.41) is 2.40. The average molecular weight is 405 g/mol. The molecule has 0 saturated carbocycles. The van der Waals surface area contributed by atoms with Crippen LogP contribution >= 0.6 is 34.7 Å². The lowest BCUT2D eigenvalue weighted by atomic mass is 10.1. The molecule has 1 aliphatic rings. The highest BCUT2D eigenvalue weighted by Crippen LogP contribution is 2.28. The zero-order valence-electron chi connectivity index (χ0n) is 14.2. The van der Waals surface area contributed by atoms with Crippen molar-refractivity contribution < 1.29 is 0 Å². The van der Waals surface area contributed by atoms with Crippen LogP contribution in [0.2, 0.25) is 5.02 Å². The molecule has 1 aliphatic heterocycles. The predicted octanol–water partition coefficient (Wildman–Crippen LogP) is 3.83. The molecule has 1 N–H and O–H groups in total. The second-order valence-corrected chi connectivity index (χ2v) is 8.45. The van der Waals surface area contributed by atoms with Gasteiger partial charge in [0.05, 0.1) is 11.3 Å². The van der Waals surface area contributed by atoms with Gasteiger partial charge in [-0.05, 0) is 18.4 Å². The van der Waals surface area contributed by atoms with E-state index in [-0.39, 0.29) is 5.56 Å². The van der Waals surface area contributed by atoms with E-state index in [1.165, 1.54) is 16.6 Å². The van der Waals surface area contributed by atoms with E-state index in [9.17, 15) is 4.79 Å². The fourth-order valence-corrected chi connectivity index (χ4v) is 4.50. The van der Waals surface area contributed by atoms with E-state index < -0.39 is 0 Å². The SMILES string of the molecule is CSc1nc2c(c(=O)[nH]1)CN(Cc1cnc(-c3ccc(Cl)cc3)s1)CC2. The van der Waals surface area contributed by atoms with Crippen LogP contribution in [0.15, 0.2) is 40.4 Å². The molecule has 0 fully saturated rings. The summed E-state index contributed by atoms with van der Waals surface area (Å²) in [6, 6.07) is 7.72. The minimum atomic E-state index is -0.0183. The van der Waals surface area contributed by atoms with Gasteiger partial charge < -0.3 is 4.98 Å². The third-order valence-electron chi connectivity index (χ3n) is 4.34. The smallest absolute Gasteiger partial charge is 0.256 e. The van der Waals surface area contributed by atoms with E-state index in [1.807, 2.05) is 36.7 Å². The standard InChI is InChI=1S/C18H17ClN4OS2/c1-25-18-21-15-6-7-23(10-14(15)16(24)22-18)9-13-8-20-17(26-13)11-2-4-12(19)5-3-11/h2-5,8H,6-7,9-10H2,1H3,(H,21,22,24). The summed E-state index contributed by atoms with van der Waals surface area (Å²) in [5.74, 6) is 0. The Kier molecular flexibility index (Phi) is 5.13. The van der Waals surface area contributed by atoms with Gasteiger partial charge in [-0.25, -0.2) is 9.97 Å². The van der Waals surface area contributed by atoms with Crippen molar-refractivity contribution in [1.29, 1.82) is 0 Å². The molecule has 1 aromatic carbocycles.